The fraction of sp³-hybridized carbons (Fsp3) is 0.308. The van der Waals surface area contributed by atoms with E-state index >= 15 is 0 Å². The number of thiazole rings is 1. The average molecular weight is 492 g/mol. The van der Waals surface area contributed by atoms with Gasteiger partial charge in [-0.05, 0) is 35.1 Å². The molecular formula is C26H25N3O5S. The van der Waals surface area contributed by atoms with Gasteiger partial charge in [-0.3, -0.25) is 4.79 Å². The Labute approximate surface area is 206 Å². The molecule has 9 heteroatoms. The van der Waals surface area contributed by atoms with E-state index in [1.165, 1.54) is 39.0 Å². The van der Waals surface area contributed by atoms with Crippen molar-refractivity contribution in [2.45, 2.75) is 31.2 Å². The topological polar surface area (TPSA) is 118 Å². The number of aromatic nitrogens is 1. The predicted octanol–water partition coefficient (Wildman–Crippen LogP) is 3.82. The Morgan fingerprint density at radius 1 is 1.03 bits per heavy atom. The molecule has 1 aromatic heterocycles. The quantitative estimate of drug-likeness (QED) is 0.441. The Morgan fingerprint density at radius 2 is 1.69 bits per heavy atom. The van der Waals surface area contributed by atoms with Gasteiger partial charge in [0.1, 0.15) is 6.61 Å². The standard InChI is InChI=1S/C26H25N3O5S/c30-24(27-10-9-23-29-22(14-35-23)25(31)32)15-11-16(12-15)28-26(33)34-13-21-19-7-3-1-5-17(19)18-6-2-4-8-20(18)21/h1-8,14-16,21H,9-13H2,(H,27,30)(H,28,33)(H,31,32). The number of fused-ring (bicyclic) bond motifs is 3. The van der Waals surface area contributed by atoms with E-state index in [9.17, 15) is 14.4 Å². The van der Waals surface area contributed by atoms with Crippen LogP contribution in [0, 0.1) is 5.92 Å². The van der Waals surface area contributed by atoms with Crippen molar-refractivity contribution in [3.05, 3.63) is 75.7 Å². The molecule has 3 aromatic rings. The first kappa shape index (κ1) is 23.0. The minimum absolute atomic E-state index is 0.0116. The lowest BCUT2D eigenvalue weighted by atomic mass is 9.79. The normalized spacial score (nSPS) is 18.2. The van der Waals surface area contributed by atoms with Crippen molar-refractivity contribution in [3.8, 4) is 11.1 Å². The van der Waals surface area contributed by atoms with Crippen molar-refractivity contribution in [1.29, 1.82) is 0 Å². The summed E-state index contributed by atoms with van der Waals surface area (Å²) in [4.78, 5) is 39.6. The number of aromatic carboxylic acids is 1. The molecule has 35 heavy (non-hydrogen) atoms. The number of hydrogen-bond acceptors (Lipinski definition) is 6. The minimum atomic E-state index is -1.05. The van der Waals surface area contributed by atoms with Gasteiger partial charge in [-0.2, -0.15) is 0 Å². The summed E-state index contributed by atoms with van der Waals surface area (Å²) in [5.41, 5.74) is 4.72. The van der Waals surface area contributed by atoms with E-state index < -0.39 is 12.1 Å². The number of hydrogen-bond donors (Lipinski definition) is 3. The van der Waals surface area contributed by atoms with E-state index in [2.05, 4.69) is 39.9 Å². The van der Waals surface area contributed by atoms with Gasteiger partial charge in [0.25, 0.3) is 0 Å². The number of carbonyl (C=O) groups excluding carboxylic acids is 2. The molecule has 2 aliphatic carbocycles. The maximum atomic E-state index is 12.4. The molecule has 0 unspecified atom stereocenters. The number of ether oxygens (including phenoxy) is 1. The van der Waals surface area contributed by atoms with Gasteiger partial charge in [0.15, 0.2) is 5.69 Å². The summed E-state index contributed by atoms with van der Waals surface area (Å²) in [6.45, 7) is 0.656. The summed E-state index contributed by atoms with van der Waals surface area (Å²) < 4.78 is 5.58. The largest absolute Gasteiger partial charge is 0.476 e. The third kappa shape index (κ3) is 4.90. The van der Waals surface area contributed by atoms with Crippen LogP contribution in [0.2, 0.25) is 0 Å². The zero-order valence-corrected chi connectivity index (χ0v) is 19.7. The molecule has 3 N–H and O–H groups in total. The van der Waals surface area contributed by atoms with E-state index in [4.69, 9.17) is 9.84 Å². The van der Waals surface area contributed by atoms with Crippen LogP contribution < -0.4 is 10.6 Å². The van der Waals surface area contributed by atoms with E-state index in [1.54, 1.807) is 0 Å². The second-order valence-electron chi connectivity index (χ2n) is 8.81. The third-order valence-corrected chi connectivity index (χ3v) is 7.49. The van der Waals surface area contributed by atoms with Gasteiger partial charge in [-0.25, -0.2) is 14.6 Å². The SMILES string of the molecule is O=C(NC1CC(C(=O)NCCc2nc(C(=O)O)cs2)C1)OCC1c2ccccc2-c2ccccc21. The number of benzene rings is 2. The molecule has 2 aliphatic rings. The van der Waals surface area contributed by atoms with E-state index in [-0.39, 0.29) is 36.1 Å². The van der Waals surface area contributed by atoms with Crippen LogP contribution in [0.15, 0.2) is 53.9 Å². The van der Waals surface area contributed by atoms with Crippen LogP contribution in [-0.4, -0.2) is 47.3 Å². The molecule has 0 atom stereocenters. The van der Waals surface area contributed by atoms with Crippen molar-refractivity contribution >= 4 is 29.3 Å². The van der Waals surface area contributed by atoms with Crippen LogP contribution in [0.1, 0.15) is 45.4 Å². The van der Waals surface area contributed by atoms with Crippen molar-refractivity contribution in [1.82, 2.24) is 15.6 Å². The molecule has 8 nitrogen and oxygen atoms in total. The number of carbonyl (C=O) groups is 3. The molecule has 2 aromatic carbocycles. The number of carboxylic acids is 1. The van der Waals surface area contributed by atoms with Gasteiger partial charge >= 0.3 is 12.1 Å². The first-order valence-corrected chi connectivity index (χ1v) is 12.4. The highest BCUT2D eigenvalue weighted by Crippen LogP contribution is 2.44. The molecule has 5 rings (SSSR count). The number of nitrogens with one attached hydrogen (secondary N) is 2. The molecule has 180 valence electrons. The summed E-state index contributed by atoms with van der Waals surface area (Å²) in [6, 6.07) is 16.3. The van der Waals surface area contributed by atoms with Gasteiger partial charge in [0.2, 0.25) is 5.91 Å². The second-order valence-corrected chi connectivity index (χ2v) is 9.75. The average Bonchev–Trinajstić information content (AvgIpc) is 3.43. The number of amides is 2. The lowest BCUT2D eigenvalue weighted by molar-refractivity contribution is -0.128. The molecule has 0 bridgehead atoms. The van der Waals surface area contributed by atoms with Gasteiger partial charge in [-0.1, -0.05) is 48.5 Å². The predicted molar refractivity (Wildman–Crippen MR) is 131 cm³/mol. The number of nitrogens with zero attached hydrogens (tertiary/aromatic N) is 1. The molecule has 0 radical (unpaired) electrons. The lowest BCUT2D eigenvalue weighted by Crippen LogP contribution is -2.49. The maximum absolute atomic E-state index is 12.4. The molecule has 1 fully saturated rings. The maximum Gasteiger partial charge on any atom is 0.407 e. The zero-order valence-electron chi connectivity index (χ0n) is 18.9. The number of rotatable bonds is 8. The molecule has 2 amide bonds. The smallest absolute Gasteiger partial charge is 0.407 e. The summed E-state index contributed by atoms with van der Waals surface area (Å²) in [5, 5.41) is 16.8. The fourth-order valence-electron chi connectivity index (χ4n) is 4.72. The first-order chi connectivity index (χ1) is 17.0. The Kier molecular flexibility index (Phi) is 6.50. The molecule has 1 heterocycles. The summed E-state index contributed by atoms with van der Waals surface area (Å²) >= 11 is 1.27. The zero-order chi connectivity index (χ0) is 24.4. The summed E-state index contributed by atoms with van der Waals surface area (Å²) in [7, 11) is 0. The second kappa shape index (κ2) is 9.87. The Bertz CT molecular complexity index is 1220. The van der Waals surface area contributed by atoms with Gasteiger partial charge in [-0.15, -0.1) is 11.3 Å². The Morgan fingerprint density at radius 3 is 2.31 bits per heavy atom. The highest BCUT2D eigenvalue weighted by atomic mass is 32.1. The Balaban J connectivity index is 1.04. The first-order valence-electron chi connectivity index (χ1n) is 11.6. The van der Waals surface area contributed by atoms with Crippen LogP contribution in [0.5, 0.6) is 0 Å². The monoisotopic (exact) mass is 491 g/mol. The van der Waals surface area contributed by atoms with Crippen LogP contribution in [0.4, 0.5) is 4.79 Å². The third-order valence-electron chi connectivity index (χ3n) is 6.58. The van der Waals surface area contributed by atoms with Crippen LogP contribution in [0.3, 0.4) is 0 Å². The fourth-order valence-corrected chi connectivity index (χ4v) is 5.49. The minimum Gasteiger partial charge on any atom is -0.476 e. The van der Waals surface area contributed by atoms with Crippen molar-refractivity contribution in [2.75, 3.05) is 13.2 Å². The summed E-state index contributed by atoms with van der Waals surface area (Å²) in [5.74, 6) is -1.26. The van der Waals surface area contributed by atoms with Crippen LogP contribution in [0.25, 0.3) is 11.1 Å². The van der Waals surface area contributed by atoms with E-state index in [0.717, 1.165) is 0 Å². The van der Waals surface area contributed by atoms with Gasteiger partial charge in [0.05, 0.1) is 5.01 Å². The highest BCUT2D eigenvalue weighted by Gasteiger charge is 2.36. The molecule has 0 spiro atoms. The summed E-state index contributed by atoms with van der Waals surface area (Å²) in [6.07, 6.45) is 1.15. The molecular weight excluding hydrogens is 466 g/mol. The van der Waals surface area contributed by atoms with Crippen LogP contribution in [-0.2, 0) is 16.0 Å². The van der Waals surface area contributed by atoms with Crippen molar-refractivity contribution in [3.63, 3.8) is 0 Å². The van der Waals surface area contributed by atoms with Gasteiger partial charge in [0, 0.05) is 36.2 Å². The Hall–Kier alpha value is -3.72. The van der Waals surface area contributed by atoms with Crippen LogP contribution >= 0.6 is 11.3 Å². The highest BCUT2D eigenvalue weighted by molar-refractivity contribution is 7.09. The van der Waals surface area contributed by atoms with E-state index in [1.807, 2.05) is 24.3 Å². The van der Waals surface area contributed by atoms with Crippen molar-refractivity contribution < 1.29 is 24.2 Å². The number of alkyl carbamates (subject to hydrolysis) is 1. The van der Waals surface area contributed by atoms with Crippen molar-refractivity contribution in [2.24, 2.45) is 5.92 Å². The molecule has 1 saturated carbocycles. The van der Waals surface area contributed by atoms with Gasteiger partial charge < -0.3 is 20.5 Å². The lowest BCUT2D eigenvalue weighted by Gasteiger charge is -2.34. The number of carboxylic acid groups (broad SMARTS) is 1. The molecule has 0 saturated heterocycles. The van der Waals surface area contributed by atoms with E-state index in [0.29, 0.717) is 30.8 Å². The molecule has 0 aliphatic heterocycles.